The predicted octanol–water partition coefficient (Wildman–Crippen LogP) is 1.25. The first-order valence-corrected chi connectivity index (χ1v) is 7.48. The average Bonchev–Trinajstić information content (AvgIpc) is 2.59. The fraction of sp³-hybridized carbons (Fsp3) is 0.375. The van der Waals surface area contributed by atoms with Gasteiger partial charge in [-0.15, -0.1) is 5.48 Å². The van der Waals surface area contributed by atoms with E-state index in [1.807, 2.05) is 23.7 Å². The van der Waals surface area contributed by atoms with Crippen molar-refractivity contribution in [3.05, 3.63) is 35.9 Å². The Morgan fingerprint density at radius 3 is 2.54 bits per heavy atom. The summed E-state index contributed by atoms with van der Waals surface area (Å²) in [5.74, 6) is -0.924. The summed E-state index contributed by atoms with van der Waals surface area (Å²) in [4.78, 5) is 48.7. The second-order valence-corrected chi connectivity index (χ2v) is 4.80. The van der Waals surface area contributed by atoms with E-state index in [1.165, 1.54) is 0 Å². The number of aldehydes is 1. The van der Waals surface area contributed by atoms with Gasteiger partial charge in [-0.3, -0.25) is 4.79 Å². The van der Waals surface area contributed by atoms with Crippen LogP contribution in [0.5, 0.6) is 0 Å². The maximum atomic E-state index is 11.4. The summed E-state index contributed by atoms with van der Waals surface area (Å²) < 4.78 is 4.86. The summed E-state index contributed by atoms with van der Waals surface area (Å²) in [6, 6.07) is 9.05. The highest BCUT2D eigenvalue weighted by Crippen LogP contribution is 2.01. The van der Waals surface area contributed by atoms with Gasteiger partial charge in [0.05, 0.1) is 0 Å². The Morgan fingerprint density at radius 2 is 1.83 bits per heavy atom. The lowest BCUT2D eigenvalue weighted by atomic mass is 10.2. The maximum Gasteiger partial charge on any atom is 0.441 e. The zero-order valence-electron chi connectivity index (χ0n) is 13.2. The topological polar surface area (TPSA) is 111 Å². The first-order chi connectivity index (χ1) is 11.6. The lowest BCUT2D eigenvalue weighted by Crippen LogP contribution is -2.28. The summed E-state index contributed by atoms with van der Waals surface area (Å²) in [5, 5.41) is 2.53. The van der Waals surface area contributed by atoms with Crippen LogP contribution in [0.2, 0.25) is 0 Å². The van der Waals surface area contributed by atoms with Crippen LogP contribution in [0.15, 0.2) is 30.3 Å². The third-order valence-corrected chi connectivity index (χ3v) is 2.83. The van der Waals surface area contributed by atoms with Crippen molar-refractivity contribution in [2.75, 3.05) is 6.54 Å². The molecule has 0 unspecified atom stereocenters. The van der Waals surface area contributed by atoms with E-state index in [2.05, 4.69) is 10.2 Å². The second-order valence-electron chi connectivity index (χ2n) is 4.80. The Bertz CT molecular complexity index is 547. The van der Waals surface area contributed by atoms with Crippen LogP contribution < -0.4 is 10.8 Å². The van der Waals surface area contributed by atoms with Gasteiger partial charge in [0.2, 0.25) is 5.91 Å². The molecule has 2 N–H and O–H groups in total. The number of rotatable bonds is 9. The molecule has 0 heterocycles. The maximum absolute atomic E-state index is 11.4. The molecule has 0 saturated carbocycles. The Labute approximate surface area is 139 Å². The van der Waals surface area contributed by atoms with Gasteiger partial charge in [0, 0.05) is 25.8 Å². The van der Waals surface area contributed by atoms with Gasteiger partial charge < -0.3 is 19.7 Å². The van der Waals surface area contributed by atoms with Crippen LogP contribution in [0.4, 0.5) is 4.79 Å². The molecule has 1 rings (SSSR count). The molecule has 0 aliphatic rings. The molecule has 0 aliphatic heterocycles. The van der Waals surface area contributed by atoms with Crippen LogP contribution in [0.1, 0.15) is 31.2 Å². The summed E-state index contributed by atoms with van der Waals surface area (Å²) >= 11 is 0. The molecule has 0 saturated heterocycles. The first-order valence-electron chi connectivity index (χ1n) is 7.48. The summed E-state index contributed by atoms with van der Waals surface area (Å²) in [6.07, 6.45) is 0.459. The number of benzene rings is 1. The Morgan fingerprint density at radius 1 is 1.08 bits per heavy atom. The van der Waals surface area contributed by atoms with Gasteiger partial charge in [0.25, 0.3) is 0 Å². The highest BCUT2D eigenvalue weighted by molar-refractivity contribution is 5.77. The van der Waals surface area contributed by atoms with Crippen LogP contribution in [0, 0.1) is 0 Å². The van der Waals surface area contributed by atoms with Crippen LogP contribution in [-0.4, -0.2) is 30.8 Å². The van der Waals surface area contributed by atoms with E-state index in [0.29, 0.717) is 6.29 Å². The third-order valence-electron chi connectivity index (χ3n) is 2.83. The number of nitrogens with one attached hydrogen (secondary N) is 2. The SMILES string of the molecule is O=CCCNC(=O)CCCC(=O)ONC(=O)OCc1ccccc1. The highest BCUT2D eigenvalue weighted by Gasteiger charge is 2.09. The molecule has 0 aliphatic carbocycles. The number of hydrogen-bond donors (Lipinski definition) is 2. The monoisotopic (exact) mass is 336 g/mol. The minimum Gasteiger partial charge on any atom is -0.443 e. The number of ether oxygens (including phenoxy) is 1. The van der Waals surface area contributed by atoms with Crippen LogP contribution in [-0.2, 0) is 30.6 Å². The predicted molar refractivity (Wildman–Crippen MR) is 83.4 cm³/mol. The van der Waals surface area contributed by atoms with E-state index < -0.39 is 12.1 Å². The Kier molecular flexibility index (Phi) is 9.29. The number of hydroxylamine groups is 1. The summed E-state index contributed by atoms with van der Waals surface area (Å²) in [5.41, 5.74) is 2.69. The fourth-order valence-electron chi connectivity index (χ4n) is 1.65. The molecule has 0 atom stereocenters. The first kappa shape index (κ1) is 19.1. The number of amides is 2. The van der Waals surface area contributed by atoms with E-state index in [9.17, 15) is 19.2 Å². The lowest BCUT2D eigenvalue weighted by molar-refractivity contribution is -0.150. The van der Waals surface area contributed by atoms with Crippen molar-refractivity contribution >= 4 is 24.3 Å². The number of carbonyl (C=O) groups excluding carboxylic acids is 4. The molecule has 0 fully saturated rings. The zero-order valence-corrected chi connectivity index (χ0v) is 13.2. The van der Waals surface area contributed by atoms with Gasteiger partial charge in [0.15, 0.2) is 0 Å². The van der Waals surface area contributed by atoms with Crippen LogP contribution >= 0.6 is 0 Å². The van der Waals surface area contributed by atoms with Crippen molar-refractivity contribution in [1.29, 1.82) is 0 Å². The molecule has 130 valence electrons. The van der Waals surface area contributed by atoms with E-state index >= 15 is 0 Å². The van der Waals surface area contributed by atoms with Crippen molar-refractivity contribution in [1.82, 2.24) is 10.8 Å². The van der Waals surface area contributed by atoms with Crippen LogP contribution in [0.25, 0.3) is 0 Å². The normalized spacial score (nSPS) is 9.67. The zero-order chi connectivity index (χ0) is 17.6. The van der Waals surface area contributed by atoms with Gasteiger partial charge in [0.1, 0.15) is 12.9 Å². The molecule has 0 radical (unpaired) electrons. The molecule has 8 nitrogen and oxygen atoms in total. The van der Waals surface area contributed by atoms with E-state index in [-0.39, 0.29) is 44.7 Å². The van der Waals surface area contributed by atoms with Gasteiger partial charge >= 0.3 is 12.1 Å². The molecule has 0 spiro atoms. The molecule has 1 aromatic carbocycles. The van der Waals surface area contributed by atoms with Crippen molar-refractivity contribution in [2.24, 2.45) is 0 Å². The van der Waals surface area contributed by atoms with Crippen molar-refractivity contribution in [3.63, 3.8) is 0 Å². The van der Waals surface area contributed by atoms with Crippen molar-refractivity contribution < 1.29 is 28.8 Å². The van der Waals surface area contributed by atoms with E-state index in [0.717, 1.165) is 5.56 Å². The Hall–Kier alpha value is -2.90. The van der Waals surface area contributed by atoms with E-state index in [1.54, 1.807) is 12.1 Å². The smallest absolute Gasteiger partial charge is 0.441 e. The molecular weight excluding hydrogens is 316 g/mol. The third kappa shape index (κ3) is 9.19. The molecule has 1 aromatic rings. The minimum absolute atomic E-state index is 0.0277. The fourth-order valence-corrected chi connectivity index (χ4v) is 1.65. The Balaban J connectivity index is 2.07. The van der Waals surface area contributed by atoms with Gasteiger partial charge in [-0.1, -0.05) is 30.3 Å². The quantitative estimate of drug-likeness (QED) is 0.399. The molecular formula is C16H20N2O6. The lowest BCUT2D eigenvalue weighted by Gasteiger charge is -2.07. The number of carbonyl (C=O) groups is 4. The van der Waals surface area contributed by atoms with Gasteiger partial charge in [-0.25, -0.2) is 9.59 Å². The molecule has 0 aromatic heterocycles. The number of hydrogen-bond acceptors (Lipinski definition) is 6. The van der Waals surface area contributed by atoms with Gasteiger partial charge in [-0.05, 0) is 12.0 Å². The average molecular weight is 336 g/mol. The summed E-state index contributed by atoms with van der Waals surface area (Å²) in [6.45, 7) is 0.340. The second kappa shape index (κ2) is 11.6. The van der Waals surface area contributed by atoms with Crippen molar-refractivity contribution in [3.8, 4) is 0 Å². The largest absolute Gasteiger partial charge is 0.443 e. The molecule has 2 amide bonds. The van der Waals surface area contributed by atoms with Crippen molar-refractivity contribution in [2.45, 2.75) is 32.3 Å². The van der Waals surface area contributed by atoms with E-state index in [4.69, 9.17) is 4.74 Å². The van der Waals surface area contributed by atoms with Gasteiger partial charge in [-0.2, -0.15) is 0 Å². The minimum atomic E-state index is -0.876. The highest BCUT2D eigenvalue weighted by atomic mass is 16.7. The molecule has 0 bridgehead atoms. The standard InChI is InChI=1S/C16H20N2O6/c19-11-5-10-17-14(20)8-4-9-15(21)24-18-16(22)23-12-13-6-2-1-3-7-13/h1-3,6-7,11H,4-5,8-10,12H2,(H,17,20)(H,18,22). The van der Waals surface area contributed by atoms with Crippen LogP contribution in [0.3, 0.4) is 0 Å². The summed E-state index contributed by atoms with van der Waals surface area (Å²) in [7, 11) is 0. The molecule has 24 heavy (non-hydrogen) atoms. The molecule has 8 heteroatoms.